The van der Waals surface area contributed by atoms with Crippen molar-refractivity contribution in [3.63, 3.8) is 0 Å². The van der Waals surface area contributed by atoms with Crippen LogP contribution in [0.25, 0.3) is 11.2 Å². The van der Waals surface area contributed by atoms with Gasteiger partial charge in [0.05, 0.1) is 12.2 Å². The fraction of sp³-hybridized carbons (Fsp3) is 0.333. The summed E-state index contributed by atoms with van der Waals surface area (Å²) >= 11 is 5.41. The van der Waals surface area contributed by atoms with Gasteiger partial charge in [0.1, 0.15) is 17.9 Å². The molecule has 21 heavy (non-hydrogen) atoms. The van der Waals surface area contributed by atoms with Crippen molar-refractivity contribution in [2.75, 3.05) is 6.61 Å². The molecular formula is C15H18N4OS. The van der Waals surface area contributed by atoms with E-state index in [0.717, 1.165) is 29.0 Å². The van der Waals surface area contributed by atoms with Crippen LogP contribution < -0.4 is 4.74 Å². The fourth-order valence-corrected chi connectivity index (χ4v) is 2.78. The van der Waals surface area contributed by atoms with Crippen molar-refractivity contribution >= 4 is 23.4 Å². The van der Waals surface area contributed by atoms with Crippen molar-refractivity contribution in [2.45, 2.75) is 19.9 Å². The zero-order valence-electron chi connectivity index (χ0n) is 12.2. The second-order valence-corrected chi connectivity index (χ2v) is 5.25. The van der Waals surface area contributed by atoms with E-state index in [4.69, 9.17) is 17.0 Å². The van der Waals surface area contributed by atoms with Gasteiger partial charge in [-0.3, -0.25) is 9.25 Å². The van der Waals surface area contributed by atoms with Gasteiger partial charge in [-0.15, -0.1) is 0 Å². The van der Waals surface area contributed by atoms with Crippen LogP contribution in [0.1, 0.15) is 12.6 Å². The van der Waals surface area contributed by atoms with Crippen LogP contribution in [0.4, 0.5) is 0 Å². The number of imidazole rings is 1. The molecule has 0 atom stereocenters. The Bertz CT molecular complexity index is 800. The van der Waals surface area contributed by atoms with E-state index < -0.39 is 0 Å². The van der Waals surface area contributed by atoms with Crippen LogP contribution in [0.15, 0.2) is 30.3 Å². The van der Waals surface area contributed by atoms with Crippen LogP contribution in [0.3, 0.4) is 0 Å². The first-order valence-electron chi connectivity index (χ1n) is 7.03. The van der Waals surface area contributed by atoms with E-state index in [1.807, 2.05) is 46.6 Å². The molecule has 0 saturated heterocycles. The number of fused-ring (bicyclic) bond motifs is 1. The zero-order chi connectivity index (χ0) is 14.8. The van der Waals surface area contributed by atoms with Gasteiger partial charge in [-0.25, -0.2) is 0 Å². The number of rotatable bonds is 5. The van der Waals surface area contributed by atoms with Crippen molar-refractivity contribution in [3.05, 3.63) is 40.8 Å². The number of nitrogens with zero attached hydrogens (tertiary/aromatic N) is 3. The topological polar surface area (TPSA) is 47.8 Å². The van der Waals surface area contributed by atoms with Gasteiger partial charge < -0.3 is 9.72 Å². The van der Waals surface area contributed by atoms with Crippen molar-refractivity contribution in [2.24, 2.45) is 7.05 Å². The molecule has 0 amide bonds. The largest absolute Gasteiger partial charge is 0.492 e. The van der Waals surface area contributed by atoms with Gasteiger partial charge in [-0.1, -0.05) is 25.1 Å². The van der Waals surface area contributed by atoms with Crippen molar-refractivity contribution in [3.8, 4) is 5.75 Å². The predicted molar refractivity (Wildman–Crippen MR) is 85.2 cm³/mol. The average Bonchev–Trinajstić information content (AvgIpc) is 2.98. The van der Waals surface area contributed by atoms with E-state index in [2.05, 4.69) is 17.0 Å². The first-order chi connectivity index (χ1) is 10.2. The molecule has 2 heterocycles. The smallest absolute Gasteiger partial charge is 0.179 e. The number of para-hydroxylation sites is 1. The van der Waals surface area contributed by atoms with Gasteiger partial charge >= 0.3 is 0 Å². The monoisotopic (exact) mass is 302 g/mol. The normalized spacial score (nSPS) is 11.1. The molecule has 0 aliphatic heterocycles. The number of hydrogen-bond donors (Lipinski definition) is 1. The van der Waals surface area contributed by atoms with Crippen LogP contribution in [0, 0.1) is 4.77 Å². The molecule has 1 N–H and O–H groups in total. The Morgan fingerprint density at radius 2 is 2.05 bits per heavy atom. The molecule has 5 nitrogen and oxygen atoms in total. The maximum atomic E-state index is 5.75. The lowest BCUT2D eigenvalue weighted by Gasteiger charge is -2.07. The lowest BCUT2D eigenvalue weighted by Crippen LogP contribution is -2.10. The molecule has 0 saturated carbocycles. The SMILES string of the molecule is CCc1nn(C)c2c1[nH]c(=S)n2CCOc1ccccc1. The van der Waals surface area contributed by atoms with Gasteiger partial charge in [-0.05, 0) is 30.8 Å². The molecule has 3 aromatic rings. The Balaban J connectivity index is 1.82. The van der Waals surface area contributed by atoms with Gasteiger partial charge in [-0.2, -0.15) is 5.10 Å². The van der Waals surface area contributed by atoms with Gasteiger partial charge in [0.25, 0.3) is 0 Å². The number of benzene rings is 1. The number of aromatic nitrogens is 4. The summed E-state index contributed by atoms with van der Waals surface area (Å²) in [5, 5.41) is 4.51. The van der Waals surface area contributed by atoms with Crippen LogP contribution >= 0.6 is 12.2 Å². The Morgan fingerprint density at radius 3 is 2.76 bits per heavy atom. The minimum Gasteiger partial charge on any atom is -0.492 e. The highest BCUT2D eigenvalue weighted by atomic mass is 32.1. The minimum absolute atomic E-state index is 0.567. The predicted octanol–water partition coefficient (Wildman–Crippen LogP) is 3.07. The molecular weight excluding hydrogens is 284 g/mol. The molecule has 0 radical (unpaired) electrons. The minimum atomic E-state index is 0.567. The molecule has 110 valence electrons. The number of aryl methyl sites for hydroxylation is 2. The van der Waals surface area contributed by atoms with E-state index >= 15 is 0 Å². The molecule has 0 aliphatic rings. The second-order valence-electron chi connectivity index (χ2n) is 4.87. The summed E-state index contributed by atoms with van der Waals surface area (Å²) in [5.41, 5.74) is 3.10. The lowest BCUT2D eigenvalue weighted by molar-refractivity contribution is 0.298. The Kier molecular flexibility index (Phi) is 3.79. The van der Waals surface area contributed by atoms with Crippen LogP contribution in [0.2, 0.25) is 0 Å². The summed E-state index contributed by atoms with van der Waals surface area (Å²) in [6.45, 7) is 3.35. The van der Waals surface area contributed by atoms with Gasteiger partial charge in [0.15, 0.2) is 10.4 Å². The summed E-state index contributed by atoms with van der Waals surface area (Å²) in [6, 6.07) is 9.80. The standard InChI is InChI=1S/C15H18N4OS/c1-3-12-13-14(18(2)17-12)19(15(21)16-13)9-10-20-11-7-5-4-6-8-11/h4-8H,3,9-10H2,1-2H3,(H,16,21). The number of hydrogen-bond acceptors (Lipinski definition) is 3. The number of H-pyrrole nitrogens is 1. The van der Waals surface area contributed by atoms with Crippen LogP contribution in [-0.2, 0) is 20.0 Å². The first-order valence-corrected chi connectivity index (χ1v) is 7.43. The Labute approximate surface area is 128 Å². The molecule has 0 aliphatic carbocycles. The van der Waals surface area contributed by atoms with Gasteiger partial charge in [0.2, 0.25) is 0 Å². The Hall–Kier alpha value is -2.08. The van der Waals surface area contributed by atoms with E-state index in [0.29, 0.717) is 17.9 Å². The van der Waals surface area contributed by atoms with Gasteiger partial charge in [0, 0.05) is 7.05 Å². The van der Waals surface area contributed by atoms with Crippen LogP contribution in [0.5, 0.6) is 5.75 Å². The fourth-order valence-electron chi connectivity index (χ4n) is 2.50. The second kappa shape index (κ2) is 5.73. The summed E-state index contributed by atoms with van der Waals surface area (Å²) < 4.78 is 10.4. The van der Waals surface area contributed by atoms with Crippen molar-refractivity contribution in [1.82, 2.24) is 19.3 Å². The molecule has 6 heteroatoms. The first kappa shape index (κ1) is 13.9. The lowest BCUT2D eigenvalue weighted by atomic mass is 10.3. The summed E-state index contributed by atoms with van der Waals surface area (Å²) in [7, 11) is 1.94. The Morgan fingerprint density at radius 1 is 1.29 bits per heavy atom. The maximum Gasteiger partial charge on any atom is 0.179 e. The third-order valence-corrected chi connectivity index (χ3v) is 3.81. The quantitative estimate of drug-likeness (QED) is 0.737. The van der Waals surface area contributed by atoms with E-state index in [9.17, 15) is 0 Å². The highest BCUT2D eigenvalue weighted by Gasteiger charge is 2.13. The van der Waals surface area contributed by atoms with E-state index in [-0.39, 0.29) is 0 Å². The molecule has 1 aromatic carbocycles. The summed E-state index contributed by atoms with van der Waals surface area (Å²) in [6.07, 6.45) is 0.882. The molecule has 0 bridgehead atoms. The maximum absolute atomic E-state index is 5.75. The zero-order valence-corrected chi connectivity index (χ0v) is 13.0. The van der Waals surface area contributed by atoms with E-state index in [1.54, 1.807) is 0 Å². The summed E-state index contributed by atoms with van der Waals surface area (Å²) in [4.78, 5) is 3.25. The van der Waals surface area contributed by atoms with Crippen molar-refractivity contribution < 1.29 is 4.74 Å². The highest BCUT2D eigenvalue weighted by Crippen LogP contribution is 2.18. The molecule has 0 unspecified atom stereocenters. The number of nitrogens with one attached hydrogen (secondary N) is 1. The summed E-state index contributed by atoms with van der Waals surface area (Å²) in [5.74, 6) is 0.870. The van der Waals surface area contributed by atoms with E-state index in [1.165, 1.54) is 0 Å². The molecule has 0 fully saturated rings. The number of ether oxygens (including phenoxy) is 1. The average molecular weight is 302 g/mol. The third kappa shape index (κ3) is 2.58. The number of aromatic amines is 1. The van der Waals surface area contributed by atoms with Crippen molar-refractivity contribution in [1.29, 1.82) is 0 Å². The highest BCUT2D eigenvalue weighted by molar-refractivity contribution is 7.71. The molecule has 3 rings (SSSR count). The molecule has 2 aromatic heterocycles. The molecule has 0 spiro atoms. The third-order valence-electron chi connectivity index (χ3n) is 3.48. The van der Waals surface area contributed by atoms with Crippen LogP contribution in [-0.4, -0.2) is 25.9 Å².